The number of sulfonamides is 1. The molecule has 0 amide bonds. The first-order valence-electron chi connectivity index (χ1n) is 4.07. The predicted molar refractivity (Wildman–Crippen MR) is 67.5 cm³/mol. The second-order valence-corrected chi connectivity index (χ2v) is 10.0. The Morgan fingerprint density at radius 2 is 1.94 bits per heavy atom. The van der Waals surface area contributed by atoms with Gasteiger partial charge in [-0.15, -0.1) is 11.3 Å². The molecule has 1 N–H and O–H groups in total. The van der Waals surface area contributed by atoms with Crippen molar-refractivity contribution in [2.24, 2.45) is 0 Å². The van der Waals surface area contributed by atoms with Gasteiger partial charge in [-0.2, -0.15) is 0 Å². The molecule has 0 fully saturated rings. The van der Waals surface area contributed by atoms with Crippen molar-refractivity contribution in [3.8, 4) is 0 Å². The van der Waals surface area contributed by atoms with E-state index in [0.717, 1.165) is 14.9 Å². The van der Waals surface area contributed by atoms with Crippen LogP contribution in [-0.4, -0.2) is 28.2 Å². The van der Waals surface area contributed by atoms with Crippen LogP contribution in [0.4, 0.5) is 0 Å². The molecule has 1 heterocycles. The van der Waals surface area contributed by atoms with Gasteiger partial charge in [0.2, 0.25) is 10.0 Å². The molecule has 9 heteroatoms. The summed E-state index contributed by atoms with van der Waals surface area (Å²) in [5, 5.41) is -0.882. The van der Waals surface area contributed by atoms with E-state index < -0.39 is 24.9 Å². The summed E-state index contributed by atoms with van der Waals surface area (Å²) in [6, 6.07) is 3.56. The fourth-order valence-corrected chi connectivity index (χ4v) is 5.43. The third-order valence-corrected chi connectivity index (χ3v) is 6.63. The highest BCUT2D eigenvalue weighted by molar-refractivity contribution is 9.11. The van der Waals surface area contributed by atoms with Crippen LogP contribution in [0.5, 0.6) is 0 Å². The molecule has 1 rings (SSSR count). The molecule has 1 aromatic heterocycles. The number of thiophene rings is 1. The van der Waals surface area contributed by atoms with Gasteiger partial charge in [-0.25, -0.2) is 21.6 Å². The van der Waals surface area contributed by atoms with E-state index in [1.54, 1.807) is 12.1 Å². The van der Waals surface area contributed by atoms with E-state index in [9.17, 15) is 16.8 Å². The molecule has 0 bridgehead atoms. The number of nitrogens with one attached hydrogen (secondary N) is 1. The third kappa shape index (κ3) is 5.39. The van der Waals surface area contributed by atoms with E-state index in [0.29, 0.717) is 0 Å². The quantitative estimate of drug-likeness (QED) is 0.859. The number of sulfone groups is 1. The summed E-state index contributed by atoms with van der Waals surface area (Å²) in [7, 11) is -7.31. The molecule has 0 radical (unpaired) electrons. The van der Waals surface area contributed by atoms with Gasteiger partial charge in [0.1, 0.15) is 0 Å². The number of rotatable bonds is 5. The molecule has 0 saturated heterocycles. The zero-order valence-electron chi connectivity index (χ0n) is 8.30. The highest BCUT2D eigenvalue weighted by Crippen LogP contribution is 2.21. The molecule has 0 aliphatic heterocycles. The summed E-state index contributed by atoms with van der Waals surface area (Å²) in [5.41, 5.74) is 0. The van der Waals surface area contributed by atoms with Gasteiger partial charge < -0.3 is 0 Å². The van der Waals surface area contributed by atoms with Gasteiger partial charge in [0.15, 0.2) is 14.9 Å². The van der Waals surface area contributed by atoms with Gasteiger partial charge in [-0.3, -0.25) is 0 Å². The largest absolute Gasteiger partial charge is 0.228 e. The molecular formula is C7H10BrNO4S3. The van der Waals surface area contributed by atoms with Crippen LogP contribution in [0.3, 0.4) is 0 Å². The Balaban J connectivity index is 2.62. The zero-order chi connectivity index (χ0) is 12.4. The van der Waals surface area contributed by atoms with E-state index in [1.165, 1.54) is 11.3 Å². The number of hydrogen-bond acceptors (Lipinski definition) is 5. The lowest BCUT2D eigenvalue weighted by molar-refractivity contribution is 0.581. The van der Waals surface area contributed by atoms with Gasteiger partial charge in [-0.1, -0.05) is 0 Å². The minimum Gasteiger partial charge on any atom is -0.228 e. The highest BCUT2D eigenvalue weighted by atomic mass is 79.9. The second-order valence-electron chi connectivity index (χ2n) is 3.19. The molecule has 0 aromatic carbocycles. The minimum absolute atomic E-state index is 0.105. The topological polar surface area (TPSA) is 80.3 Å². The summed E-state index contributed by atoms with van der Waals surface area (Å²) < 4.78 is 47.5. The van der Waals surface area contributed by atoms with Crippen molar-refractivity contribution < 1.29 is 16.8 Å². The second kappa shape index (κ2) is 5.13. The fourth-order valence-electron chi connectivity index (χ4n) is 0.951. The van der Waals surface area contributed by atoms with Crippen LogP contribution in [0.2, 0.25) is 0 Å². The molecule has 1 aromatic rings. The lowest BCUT2D eigenvalue weighted by atomic mass is 10.5. The first-order valence-corrected chi connectivity index (χ1v) is 9.39. The summed E-state index contributed by atoms with van der Waals surface area (Å²) in [5.74, 6) is 0. The van der Waals surface area contributed by atoms with Crippen LogP contribution in [0, 0.1) is 0 Å². The van der Waals surface area contributed by atoms with E-state index in [2.05, 4.69) is 20.7 Å². The number of hydrogen-bond donors (Lipinski definition) is 1. The van der Waals surface area contributed by atoms with E-state index in [-0.39, 0.29) is 6.54 Å². The highest BCUT2D eigenvalue weighted by Gasteiger charge is 2.17. The smallest absolute Gasteiger partial charge is 0.226 e. The normalized spacial score (nSPS) is 12.9. The third-order valence-electron chi connectivity index (χ3n) is 1.46. The van der Waals surface area contributed by atoms with Crippen LogP contribution in [0.25, 0.3) is 0 Å². The monoisotopic (exact) mass is 347 g/mol. The Bertz CT molecular complexity index is 560. The maximum atomic E-state index is 11.3. The van der Waals surface area contributed by atoms with Crippen molar-refractivity contribution in [2.45, 2.75) is 6.54 Å². The van der Waals surface area contributed by atoms with Crippen molar-refractivity contribution >= 4 is 47.1 Å². The molecule has 0 saturated carbocycles. The van der Waals surface area contributed by atoms with E-state index in [4.69, 9.17) is 0 Å². The number of halogens is 1. The molecule has 0 spiro atoms. The molecule has 0 atom stereocenters. The first-order chi connectivity index (χ1) is 7.18. The lowest BCUT2D eigenvalue weighted by Crippen LogP contribution is -2.29. The van der Waals surface area contributed by atoms with Crippen molar-refractivity contribution in [1.82, 2.24) is 4.72 Å². The molecule has 92 valence electrons. The summed E-state index contributed by atoms with van der Waals surface area (Å²) >= 11 is 4.63. The fraction of sp³-hybridized carbons (Fsp3) is 0.429. The Morgan fingerprint density at radius 1 is 1.31 bits per heavy atom. The minimum atomic E-state index is -3.77. The van der Waals surface area contributed by atoms with Gasteiger partial charge in [0, 0.05) is 17.7 Å². The Labute approximate surface area is 107 Å². The van der Waals surface area contributed by atoms with Gasteiger partial charge >= 0.3 is 0 Å². The average Bonchev–Trinajstić information content (AvgIpc) is 2.44. The molecule has 0 unspecified atom stereocenters. The zero-order valence-corrected chi connectivity index (χ0v) is 12.3. The maximum absolute atomic E-state index is 11.3. The van der Waals surface area contributed by atoms with E-state index in [1.807, 2.05) is 0 Å². The van der Waals surface area contributed by atoms with Crippen LogP contribution >= 0.6 is 27.3 Å². The SMILES string of the molecule is CS(=O)(=O)CS(=O)(=O)NCc1ccc(Br)s1. The van der Waals surface area contributed by atoms with Crippen molar-refractivity contribution in [1.29, 1.82) is 0 Å². The van der Waals surface area contributed by atoms with Gasteiger partial charge in [-0.05, 0) is 28.1 Å². The Morgan fingerprint density at radius 3 is 2.38 bits per heavy atom. The Kier molecular flexibility index (Phi) is 4.52. The summed E-state index contributed by atoms with van der Waals surface area (Å²) in [6.45, 7) is 0.105. The van der Waals surface area contributed by atoms with Crippen molar-refractivity contribution in [3.05, 3.63) is 20.8 Å². The van der Waals surface area contributed by atoms with Crippen molar-refractivity contribution in [2.75, 3.05) is 11.3 Å². The molecular weight excluding hydrogens is 338 g/mol. The van der Waals surface area contributed by atoms with Crippen LogP contribution in [0.15, 0.2) is 15.9 Å². The Hall–Kier alpha value is 0.0400. The maximum Gasteiger partial charge on any atom is 0.226 e. The van der Waals surface area contributed by atoms with Crippen LogP contribution in [-0.2, 0) is 26.4 Å². The first kappa shape index (κ1) is 14.1. The van der Waals surface area contributed by atoms with Crippen LogP contribution < -0.4 is 4.72 Å². The van der Waals surface area contributed by atoms with Crippen molar-refractivity contribution in [3.63, 3.8) is 0 Å². The summed E-state index contributed by atoms with van der Waals surface area (Å²) in [4.78, 5) is 0.809. The van der Waals surface area contributed by atoms with Crippen LogP contribution in [0.1, 0.15) is 4.88 Å². The molecule has 5 nitrogen and oxygen atoms in total. The van der Waals surface area contributed by atoms with Gasteiger partial charge in [0.25, 0.3) is 0 Å². The lowest BCUT2D eigenvalue weighted by Gasteiger charge is -2.03. The standard InChI is InChI=1S/C7H10BrNO4S3/c1-15(10,11)5-16(12,13)9-4-6-2-3-7(8)14-6/h2-3,9H,4-5H2,1H3. The molecule has 16 heavy (non-hydrogen) atoms. The van der Waals surface area contributed by atoms with Gasteiger partial charge in [0.05, 0.1) is 3.79 Å². The van der Waals surface area contributed by atoms with E-state index >= 15 is 0 Å². The summed E-state index contributed by atoms with van der Waals surface area (Å²) in [6.07, 6.45) is 0.883. The molecule has 0 aliphatic rings. The predicted octanol–water partition coefficient (Wildman–Crippen LogP) is 0.932. The molecule has 0 aliphatic carbocycles. The average molecular weight is 348 g/mol.